The predicted molar refractivity (Wildman–Crippen MR) is 92.9 cm³/mol. The van der Waals surface area contributed by atoms with Crippen LogP contribution in [-0.2, 0) is 4.79 Å². The number of nitrogens with zero attached hydrogens (tertiary/aromatic N) is 2. The lowest BCUT2D eigenvalue weighted by Crippen LogP contribution is -2.51. The third-order valence-corrected chi connectivity index (χ3v) is 4.44. The number of nitrogens with one attached hydrogen (secondary N) is 2. The minimum atomic E-state index is -0.998. The number of carbonyl (C=O) groups excluding carboxylic acids is 2. The van der Waals surface area contributed by atoms with E-state index < -0.39 is 18.6 Å². The summed E-state index contributed by atoms with van der Waals surface area (Å²) in [5, 5.41) is 14.9. The average molecular weight is 342 g/mol. The third kappa shape index (κ3) is 4.30. The standard InChI is InChI=1S/C18H22N4O3/c23-11-16(18(25)20-12-6-2-1-3-7-12)22-17(24)15-10-19-13-8-4-5-9-14(13)21-15/h4-5,8-10,12,16,23H,1-3,6-7,11H2,(H,20,25)(H,22,24)/t16-/m0/s1. The molecule has 2 aromatic rings. The monoisotopic (exact) mass is 342 g/mol. The minimum absolute atomic E-state index is 0.114. The molecule has 2 amide bonds. The van der Waals surface area contributed by atoms with Crippen LogP contribution < -0.4 is 10.6 Å². The van der Waals surface area contributed by atoms with Crippen molar-refractivity contribution < 1.29 is 14.7 Å². The van der Waals surface area contributed by atoms with E-state index in [0.717, 1.165) is 25.7 Å². The molecule has 1 aliphatic carbocycles. The Labute approximate surface area is 145 Å². The predicted octanol–water partition coefficient (Wildman–Crippen LogP) is 1.17. The topological polar surface area (TPSA) is 104 Å². The van der Waals surface area contributed by atoms with Crippen LogP contribution in [0.5, 0.6) is 0 Å². The number of amides is 2. The number of rotatable bonds is 5. The Hall–Kier alpha value is -2.54. The van der Waals surface area contributed by atoms with Crippen molar-refractivity contribution in [2.75, 3.05) is 6.61 Å². The molecule has 132 valence electrons. The Kier molecular flexibility index (Phi) is 5.55. The molecule has 1 fully saturated rings. The molecule has 0 spiro atoms. The Morgan fingerprint density at radius 1 is 1.16 bits per heavy atom. The van der Waals surface area contributed by atoms with Crippen LogP contribution in [0.3, 0.4) is 0 Å². The van der Waals surface area contributed by atoms with E-state index in [2.05, 4.69) is 20.6 Å². The van der Waals surface area contributed by atoms with E-state index in [4.69, 9.17) is 0 Å². The molecule has 1 aromatic heterocycles. The van der Waals surface area contributed by atoms with Crippen LogP contribution in [0.25, 0.3) is 11.0 Å². The maximum absolute atomic E-state index is 12.3. The molecule has 25 heavy (non-hydrogen) atoms. The molecule has 3 rings (SSSR count). The van der Waals surface area contributed by atoms with Crippen LogP contribution in [0.4, 0.5) is 0 Å². The van der Waals surface area contributed by atoms with Crippen molar-refractivity contribution >= 4 is 22.8 Å². The number of benzene rings is 1. The summed E-state index contributed by atoms with van der Waals surface area (Å²) >= 11 is 0. The zero-order valence-electron chi connectivity index (χ0n) is 13.9. The van der Waals surface area contributed by atoms with Crippen molar-refractivity contribution in [3.05, 3.63) is 36.2 Å². The second-order valence-electron chi connectivity index (χ2n) is 6.30. The number of para-hydroxylation sites is 2. The van der Waals surface area contributed by atoms with Gasteiger partial charge >= 0.3 is 0 Å². The maximum atomic E-state index is 12.3. The van der Waals surface area contributed by atoms with Crippen molar-refractivity contribution in [1.82, 2.24) is 20.6 Å². The molecule has 1 saturated carbocycles. The number of aromatic nitrogens is 2. The normalized spacial score (nSPS) is 16.4. The Balaban J connectivity index is 1.64. The number of hydrogen-bond acceptors (Lipinski definition) is 5. The lowest BCUT2D eigenvalue weighted by molar-refractivity contribution is -0.124. The summed E-state index contributed by atoms with van der Waals surface area (Å²) in [5.41, 5.74) is 1.40. The first-order valence-corrected chi connectivity index (χ1v) is 8.61. The fourth-order valence-corrected chi connectivity index (χ4v) is 3.04. The van der Waals surface area contributed by atoms with E-state index in [1.807, 2.05) is 12.1 Å². The number of hydrogen-bond donors (Lipinski definition) is 3. The van der Waals surface area contributed by atoms with Gasteiger partial charge in [-0.2, -0.15) is 0 Å². The van der Waals surface area contributed by atoms with E-state index in [0.29, 0.717) is 11.0 Å². The van der Waals surface area contributed by atoms with Gasteiger partial charge in [-0.1, -0.05) is 31.4 Å². The van der Waals surface area contributed by atoms with Crippen LogP contribution >= 0.6 is 0 Å². The van der Waals surface area contributed by atoms with E-state index in [1.54, 1.807) is 12.1 Å². The molecule has 1 aliphatic rings. The van der Waals surface area contributed by atoms with Gasteiger partial charge < -0.3 is 15.7 Å². The van der Waals surface area contributed by atoms with Crippen LogP contribution in [0.1, 0.15) is 42.6 Å². The van der Waals surface area contributed by atoms with Crippen molar-refractivity contribution in [3.8, 4) is 0 Å². The molecule has 7 heteroatoms. The van der Waals surface area contributed by atoms with E-state index >= 15 is 0 Å². The van der Waals surface area contributed by atoms with Crippen LogP contribution in [0, 0.1) is 0 Å². The highest BCUT2D eigenvalue weighted by atomic mass is 16.3. The maximum Gasteiger partial charge on any atom is 0.272 e. The smallest absolute Gasteiger partial charge is 0.272 e. The first kappa shape index (κ1) is 17.3. The van der Waals surface area contributed by atoms with Gasteiger partial charge in [-0.3, -0.25) is 14.6 Å². The molecule has 1 aromatic carbocycles. The summed E-state index contributed by atoms with van der Waals surface area (Å²) in [5.74, 6) is -0.896. The molecular formula is C18H22N4O3. The Morgan fingerprint density at radius 3 is 2.60 bits per heavy atom. The zero-order chi connectivity index (χ0) is 17.6. The van der Waals surface area contributed by atoms with E-state index in [1.165, 1.54) is 12.6 Å². The molecule has 0 radical (unpaired) electrons. The second kappa shape index (κ2) is 8.02. The highest BCUT2D eigenvalue weighted by molar-refractivity contribution is 5.97. The van der Waals surface area contributed by atoms with Gasteiger partial charge in [0.05, 0.1) is 23.8 Å². The number of carbonyl (C=O) groups is 2. The molecule has 1 atom stereocenters. The first-order chi connectivity index (χ1) is 12.2. The molecule has 0 saturated heterocycles. The van der Waals surface area contributed by atoms with E-state index in [9.17, 15) is 14.7 Å². The molecule has 1 heterocycles. The molecule has 7 nitrogen and oxygen atoms in total. The quantitative estimate of drug-likeness (QED) is 0.757. The van der Waals surface area contributed by atoms with E-state index in [-0.39, 0.29) is 17.6 Å². The van der Waals surface area contributed by atoms with Gasteiger partial charge in [-0.05, 0) is 25.0 Å². The van der Waals surface area contributed by atoms with Crippen molar-refractivity contribution in [1.29, 1.82) is 0 Å². The third-order valence-electron chi connectivity index (χ3n) is 4.44. The van der Waals surface area contributed by atoms with Crippen molar-refractivity contribution in [2.45, 2.75) is 44.2 Å². The number of fused-ring (bicyclic) bond motifs is 1. The summed E-state index contributed by atoms with van der Waals surface area (Å²) < 4.78 is 0. The van der Waals surface area contributed by atoms with Crippen molar-refractivity contribution in [3.63, 3.8) is 0 Å². The summed E-state index contributed by atoms with van der Waals surface area (Å²) in [6.45, 7) is -0.467. The van der Waals surface area contributed by atoms with Crippen LogP contribution in [0.2, 0.25) is 0 Å². The van der Waals surface area contributed by atoms with Gasteiger partial charge in [0.15, 0.2) is 0 Å². The molecule has 0 bridgehead atoms. The molecule has 0 unspecified atom stereocenters. The summed E-state index contributed by atoms with van der Waals surface area (Å²) in [6, 6.07) is 6.34. The molecular weight excluding hydrogens is 320 g/mol. The number of aliphatic hydroxyl groups is 1. The second-order valence-corrected chi connectivity index (χ2v) is 6.30. The van der Waals surface area contributed by atoms with Crippen molar-refractivity contribution in [2.24, 2.45) is 0 Å². The van der Waals surface area contributed by atoms with Gasteiger partial charge in [0.1, 0.15) is 11.7 Å². The van der Waals surface area contributed by atoms with Gasteiger partial charge in [-0.25, -0.2) is 4.98 Å². The summed E-state index contributed by atoms with van der Waals surface area (Å²) in [6.07, 6.45) is 6.61. The highest BCUT2D eigenvalue weighted by Gasteiger charge is 2.24. The lowest BCUT2D eigenvalue weighted by Gasteiger charge is -2.25. The SMILES string of the molecule is O=C(N[C@@H](CO)C(=O)NC1CCCCC1)c1cnc2ccccc2n1. The zero-order valence-corrected chi connectivity index (χ0v) is 13.9. The van der Waals surface area contributed by atoms with Gasteiger partial charge in [0.25, 0.3) is 5.91 Å². The summed E-state index contributed by atoms with van der Waals surface area (Å²) in [7, 11) is 0. The van der Waals surface area contributed by atoms with Gasteiger partial charge in [0, 0.05) is 6.04 Å². The van der Waals surface area contributed by atoms with Crippen LogP contribution in [-0.4, -0.2) is 45.6 Å². The fraction of sp³-hybridized carbons (Fsp3) is 0.444. The highest BCUT2D eigenvalue weighted by Crippen LogP contribution is 2.17. The number of aliphatic hydroxyl groups excluding tert-OH is 1. The first-order valence-electron chi connectivity index (χ1n) is 8.61. The van der Waals surface area contributed by atoms with Crippen LogP contribution in [0.15, 0.2) is 30.5 Å². The molecule has 0 aliphatic heterocycles. The largest absolute Gasteiger partial charge is 0.394 e. The van der Waals surface area contributed by atoms with Gasteiger partial charge in [0.2, 0.25) is 5.91 Å². The lowest BCUT2D eigenvalue weighted by atomic mass is 9.95. The van der Waals surface area contributed by atoms with Gasteiger partial charge in [-0.15, -0.1) is 0 Å². The summed E-state index contributed by atoms with van der Waals surface area (Å²) in [4.78, 5) is 33.1. The average Bonchev–Trinajstić information content (AvgIpc) is 2.66. The molecule has 3 N–H and O–H groups in total. The fourth-order valence-electron chi connectivity index (χ4n) is 3.04. The minimum Gasteiger partial charge on any atom is -0.394 e. The Bertz CT molecular complexity index is 759. The Morgan fingerprint density at radius 2 is 1.88 bits per heavy atom.